The van der Waals surface area contributed by atoms with Crippen LogP contribution in [0.1, 0.15) is 37.6 Å². The minimum Gasteiger partial charge on any atom is -0.493 e. The van der Waals surface area contributed by atoms with Crippen molar-refractivity contribution in [2.45, 2.75) is 32.8 Å². The molecule has 1 saturated heterocycles. The number of likely N-dealkylation sites (tertiary alicyclic amines) is 1. The molecule has 6 heteroatoms. The van der Waals surface area contributed by atoms with Crippen molar-refractivity contribution in [3.05, 3.63) is 29.8 Å². The van der Waals surface area contributed by atoms with Gasteiger partial charge in [0.1, 0.15) is 11.4 Å². The molecule has 6 nitrogen and oxygen atoms in total. The van der Waals surface area contributed by atoms with Crippen molar-refractivity contribution in [2.75, 3.05) is 19.7 Å². The first-order valence-electron chi connectivity index (χ1n) is 7.69. The number of ether oxygens (including phenoxy) is 2. The number of aromatic carboxylic acids is 1. The van der Waals surface area contributed by atoms with Gasteiger partial charge in [0.25, 0.3) is 0 Å². The van der Waals surface area contributed by atoms with Gasteiger partial charge in [-0.05, 0) is 51.5 Å². The highest BCUT2D eigenvalue weighted by molar-refractivity contribution is 5.87. The Balaban J connectivity index is 1.79. The van der Waals surface area contributed by atoms with Crippen LogP contribution in [0.15, 0.2) is 24.3 Å². The number of carbonyl (C=O) groups excluding carboxylic acids is 1. The molecule has 0 bridgehead atoms. The molecule has 0 unspecified atom stereocenters. The molecule has 1 amide bonds. The molecule has 0 radical (unpaired) electrons. The third-order valence-electron chi connectivity index (χ3n) is 3.52. The Hall–Kier alpha value is -2.24. The fraction of sp³-hybridized carbons (Fsp3) is 0.529. The lowest BCUT2D eigenvalue weighted by Crippen LogP contribution is -2.35. The zero-order chi connectivity index (χ0) is 17.0. The van der Waals surface area contributed by atoms with E-state index in [0.29, 0.717) is 25.4 Å². The maximum atomic E-state index is 12.0. The third kappa shape index (κ3) is 5.16. The first-order valence-corrected chi connectivity index (χ1v) is 7.69. The van der Waals surface area contributed by atoms with Crippen LogP contribution in [0.2, 0.25) is 0 Å². The lowest BCUT2D eigenvalue weighted by atomic mass is 10.1. The van der Waals surface area contributed by atoms with Crippen LogP contribution in [0.3, 0.4) is 0 Å². The molecule has 0 aromatic heterocycles. The Bertz CT molecular complexity index is 561. The van der Waals surface area contributed by atoms with Gasteiger partial charge in [-0.1, -0.05) is 0 Å². The molecule has 0 spiro atoms. The lowest BCUT2D eigenvalue weighted by molar-refractivity contribution is 0.0284. The second kappa shape index (κ2) is 6.89. The van der Waals surface area contributed by atoms with Crippen LogP contribution in [0.25, 0.3) is 0 Å². The molecule has 1 aliphatic heterocycles. The van der Waals surface area contributed by atoms with Crippen molar-refractivity contribution in [1.29, 1.82) is 0 Å². The van der Waals surface area contributed by atoms with Crippen molar-refractivity contribution >= 4 is 12.1 Å². The quantitative estimate of drug-likeness (QED) is 0.922. The van der Waals surface area contributed by atoms with Gasteiger partial charge < -0.3 is 19.5 Å². The van der Waals surface area contributed by atoms with Crippen molar-refractivity contribution in [2.24, 2.45) is 5.92 Å². The van der Waals surface area contributed by atoms with Gasteiger partial charge in [-0.3, -0.25) is 0 Å². The summed E-state index contributed by atoms with van der Waals surface area (Å²) in [6.07, 6.45) is 0.581. The van der Waals surface area contributed by atoms with Crippen LogP contribution in [-0.2, 0) is 4.74 Å². The van der Waals surface area contributed by atoms with Crippen molar-refractivity contribution in [1.82, 2.24) is 4.90 Å². The molecule has 2 rings (SSSR count). The first kappa shape index (κ1) is 17.1. The number of nitrogens with zero attached hydrogens (tertiary/aromatic N) is 1. The highest BCUT2D eigenvalue weighted by Crippen LogP contribution is 2.21. The van der Waals surface area contributed by atoms with Crippen LogP contribution in [0, 0.1) is 5.92 Å². The molecule has 1 aliphatic rings. The van der Waals surface area contributed by atoms with E-state index in [4.69, 9.17) is 14.6 Å². The molecule has 1 aromatic carbocycles. The highest BCUT2D eigenvalue weighted by atomic mass is 16.6. The van der Waals surface area contributed by atoms with E-state index in [1.165, 1.54) is 12.1 Å². The number of rotatable bonds is 4. The highest BCUT2D eigenvalue weighted by Gasteiger charge is 2.30. The molecule has 23 heavy (non-hydrogen) atoms. The van der Waals surface area contributed by atoms with E-state index in [0.717, 1.165) is 6.42 Å². The molecule has 1 heterocycles. The van der Waals surface area contributed by atoms with Gasteiger partial charge in [-0.2, -0.15) is 0 Å². The predicted octanol–water partition coefficient (Wildman–Crippen LogP) is 3.02. The number of benzene rings is 1. The van der Waals surface area contributed by atoms with E-state index in [1.54, 1.807) is 17.0 Å². The van der Waals surface area contributed by atoms with E-state index in [9.17, 15) is 9.59 Å². The van der Waals surface area contributed by atoms with Crippen molar-refractivity contribution < 1.29 is 24.2 Å². The van der Waals surface area contributed by atoms with E-state index >= 15 is 0 Å². The van der Waals surface area contributed by atoms with Gasteiger partial charge >= 0.3 is 12.1 Å². The molecule has 0 aliphatic carbocycles. The summed E-state index contributed by atoms with van der Waals surface area (Å²) < 4.78 is 11.0. The van der Waals surface area contributed by atoms with Gasteiger partial charge in [0.05, 0.1) is 12.2 Å². The van der Waals surface area contributed by atoms with Crippen LogP contribution in [0.5, 0.6) is 5.75 Å². The lowest BCUT2D eigenvalue weighted by Gasteiger charge is -2.24. The number of hydrogen-bond acceptors (Lipinski definition) is 4. The second-order valence-corrected chi connectivity index (χ2v) is 6.72. The maximum Gasteiger partial charge on any atom is 0.410 e. The number of hydrogen-bond donors (Lipinski definition) is 1. The fourth-order valence-corrected chi connectivity index (χ4v) is 2.37. The first-order chi connectivity index (χ1) is 10.7. The zero-order valence-electron chi connectivity index (χ0n) is 13.7. The van der Waals surface area contributed by atoms with E-state index < -0.39 is 11.6 Å². The van der Waals surface area contributed by atoms with Crippen LogP contribution < -0.4 is 4.74 Å². The fourth-order valence-electron chi connectivity index (χ4n) is 2.37. The van der Waals surface area contributed by atoms with Gasteiger partial charge in [-0.15, -0.1) is 0 Å². The molecule has 1 aromatic rings. The van der Waals surface area contributed by atoms with Gasteiger partial charge in [0.2, 0.25) is 0 Å². The summed E-state index contributed by atoms with van der Waals surface area (Å²) in [5.74, 6) is -0.0762. The summed E-state index contributed by atoms with van der Waals surface area (Å²) in [5.41, 5.74) is -0.258. The molecule has 1 fully saturated rings. The summed E-state index contributed by atoms with van der Waals surface area (Å²) in [6.45, 7) is 7.32. The average Bonchev–Trinajstić information content (AvgIpc) is 2.93. The number of carboxylic acids is 1. The van der Waals surface area contributed by atoms with Gasteiger partial charge in [0.15, 0.2) is 0 Å². The third-order valence-corrected chi connectivity index (χ3v) is 3.52. The number of carbonyl (C=O) groups is 2. The number of carboxylic acid groups (broad SMARTS) is 1. The molecule has 1 atom stereocenters. The average molecular weight is 321 g/mol. The molecular weight excluding hydrogens is 298 g/mol. The van der Waals surface area contributed by atoms with Crippen molar-refractivity contribution in [3.63, 3.8) is 0 Å². The van der Waals surface area contributed by atoms with Crippen LogP contribution in [0.4, 0.5) is 4.79 Å². The summed E-state index contributed by atoms with van der Waals surface area (Å²) in [5, 5.41) is 8.85. The maximum absolute atomic E-state index is 12.0. The summed E-state index contributed by atoms with van der Waals surface area (Å²) >= 11 is 0. The Morgan fingerprint density at radius 1 is 1.26 bits per heavy atom. The topological polar surface area (TPSA) is 76.1 Å². The van der Waals surface area contributed by atoms with E-state index in [2.05, 4.69) is 0 Å². The normalized spacial score (nSPS) is 17.9. The Morgan fingerprint density at radius 3 is 2.48 bits per heavy atom. The van der Waals surface area contributed by atoms with Gasteiger partial charge in [-0.25, -0.2) is 9.59 Å². The SMILES string of the molecule is CC(C)(C)OC(=O)N1CC[C@@H](COc2ccc(C(=O)O)cc2)C1. The second-order valence-electron chi connectivity index (χ2n) is 6.72. The minimum absolute atomic E-state index is 0.231. The van der Waals surface area contributed by atoms with Crippen LogP contribution in [-0.4, -0.2) is 47.4 Å². The van der Waals surface area contributed by atoms with Crippen molar-refractivity contribution in [3.8, 4) is 5.75 Å². The number of amides is 1. The molecule has 0 saturated carbocycles. The van der Waals surface area contributed by atoms with E-state index in [1.807, 2.05) is 20.8 Å². The summed E-state index contributed by atoms with van der Waals surface area (Å²) in [6, 6.07) is 6.31. The molecular formula is C17H23NO5. The Kier molecular flexibility index (Phi) is 5.13. The molecule has 1 N–H and O–H groups in total. The smallest absolute Gasteiger partial charge is 0.410 e. The Labute approximate surface area is 136 Å². The zero-order valence-corrected chi connectivity index (χ0v) is 13.7. The summed E-state index contributed by atoms with van der Waals surface area (Å²) in [7, 11) is 0. The largest absolute Gasteiger partial charge is 0.493 e. The monoisotopic (exact) mass is 321 g/mol. The Morgan fingerprint density at radius 2 is 1.91 bits per heavy atom. The minimum atomic E-state index is -0.958. The molecule has 126 valence electrons. The van der Waals surface area contributed by atoms with E-state index in [-0.39, 0.29) is 17.6 Å². The standard InChI is InChI=1S/C17H23NO5/c1-17(2,3)23-16(21)18-9-8-12(10-18)11-22-14-6-4-13(5-7-14)15(19)20/h4-7,12H,8-11H2,1-3H3,(H,19,20)/t12-/m1/s1. The predicted molar refractivity (Wildman–Crippen MR) is 84.8 cm³/mol. The van der Waals surface area contributed by atoms with Crippen LogP contribution >= 0.6 is 0 Å². The summed E-state index contributed by atoms with van der Waals surface area (Å²) in [4.78, 5) is 24.5. The van der Waals surface area contributed by atoms with Gasteiger partial charge in [0, 0.05) is 19.0 Å².